The highest BCUT2D eigenvalue weighted by atomic mass is 79.9. The third-order valence-corrected chi connectivity index (χ3v) is 2.63. The Labute approximate surface area is 75.2 Å². The molecule has 0 aliphatic heterocycles. The van der Waals surface area contributed by atoms with E-state index in [1.165, 1.54) is 5.56 Å². The Morgan fingerprint density at radius 2 is 2.09 bits per heavy atom. The van der Waals surface area contributed by atoms with Gasteiger partial charge in [0, 0.05) is 4.47 Å². The minimum Gasteiger partial charge on any atom is -0.159 e. The molecule has 0 aromatic carbocycles. The van der Waals surface area contributed by atoms with Gasteiger partial charge in [0.25, 0.3) is 0 Å². The van der Waals surface area contributed by atoms with E-state index in [4.69, 9.17) is 0 Å². The molecule has 0 amide bonds. The highest BCUT2D eigenvalue weighted by molar-refractivity contribution is 9.10. The summed E-state index contributed by atoms with van der Waals surface area (Å²) in [5.74, 6) is 0.499. The van der Waals surface area contributed by atoms with Crippen molar-refractivity contribution >= 4 is 15.9 Å². The summed E-state index contributed by atoms with van der Waals surface area (Å²) in [5.41, 5.74) is 2.17. The van der Waals surface area contributed by atoms with E-state index in [1.54, 1.807) is 0 Å². The molecule has 0 spiro atoms. The van der Waals surface area contributed by atoms with E-state index in [-0.39, 0.29) is 0 Å². The van der Waals surface area contributed by atoms with Crippen molar-refractivity contribution in [2.24, 2.45) is 0 Å². The molecular formula is C8H11BrN2. The van der Waals surface area contributed by atoms with Crippen LogP contribution < -0.4 is 0 Å². The van der Waals surface area contributed by atoms with Gasteiger partial charge in [0.1, 0.15) is 0 Å². The maximum Gasteiger partial charge on any atom is 0.0744 e. The van der Waals surface area contributed by atoms with Crippen LogP contribution in [-0.4, -0.2) is 10.2 Å². The molecule has 0 atom stereocenters. The molecule has 0 fully saturated rings. The molecule has 3 heteroatoms. The highest BCUT2D eigenvalue weighted by Crippen LogP contribution is 2.24. The molecule has 1 aromatic rings. The van der Waals surface area contributed by atoms with Crippen molar-refractivity contribution in [1.29, 1.82) is 0 Å². The quantitative estimate of drug-likeness (QED) is 0.719. The van der Waals surface area contributed by atoms with E-state index in [9.17, 15) is 0 Å². The van der Waals surface area contributed by atoms with E-state index in [0.717, 1.165) is 10.2 Å². The summed E-state index contributed by atoms with van der Waals surface area (Å²) >= 11 is 3.48. The van der Waals surface area contributed by atoms with Crippen LogP contribution in [0.25, 0.3) is 0 Å². The second-order valence-corrected chi connectivity index (χ2v) is 3.65. The van der Waals surface area contributed by atoms with Crippen LogP contribution in [0.5, 0.6) is 0 Å². The van der Waals surface area contributed by atoms with Crippen LogP contribution in [0.4, 0.5) is 0 Å². The zero-order valence-electron chi connectivity index (χ0n) is 6.93. The summed E-state index contributed by atoms with van der Waals surface area (Å²) in [5, 5.41) is 7.81. The molecule has 0 saturated heterocycles. The molecule has 2 nitrogen and oxygen atoms in total. The predicted molar refractivity (Wildman–Crippen MR) is 48.6 cm³/mol. The molecule has 0 unspecified atom stereocenters. The molecule has 0 bridgehead atoms. The number of aryl methyl sites for hydroxylation is 1. The zero-order valence-corrected chi connectivity index (χ0v) is 8.51. The standard InChI is InChI=1S/C8H11BrN2/c1-5(2)7-4-10-11-6(3)8(7)9/h4-5H,1-3H3. The summed E-state index contributed by atoms with van der Waals surface area (Å²) in [6, 6.07) is 0. The molecule has 0 N–H and O–H groups in total. The van der Waals surface area contributed by atoms with Gasteiger partial charge in [-0.3, -0.25) is 0 Å². The second-order valence-electron chi connectivity index (χ2n) is 2.85. The number of nitrogens with zero attached hydrogens (tertiary/aromatic N) is 2. The van der Waals surface area contributed by atoms with Gasteiger partial charge in [-0.1, -0.05) is 13.8 Å². The van der Waals surface area contributed by atoms with Gasteiger partial charge < -0.3 is 0 Å². The normalized spacial score (nSPS) is 10.6. The second kappa shape index (κ2) is 3.30. The lowest BCUT2D eigenvalue weighted by Gasteiger charge is -2.07. The van der Waals surface area contributed by atoms with Crippen molar-refractivity contribution in [2.45, 2.75) is 26.7 Å². The van der Waals surface area contributed by atoms with Gasteiger partial charge >= 0.3 is 0 Å². The maximum absolute atomic E-state index is 3.92. The monoisotopic (exact) mass is 214 g/mol. The minimum absolute atomic E-state index is 0.499. The number of hydrogen-bond donors (Lipinski definition) is 0. The Bertz CT molecular complexity index is 258. The predicted octanol–water partition coefficient (Wildman–Crippen LogP) is 2.67. The van der Waals surface area contributed by atoms with Crippen molar-refractivity contribution in [1.82, 2.24) is 10.2 Å². The van der Waals surface area contributed by atoms with Crippen LogP contribution in [0.3, 0.4) is 0 Å². The average molecular weight is 215 g/mol. The van der Waals surface area contributed by atoms with Crippen molar-refractivity contribution in [3.05, 3.63) is 21.9 Å². The summed E-state index contributed by atoms with van der Waals surface area (Å²) in [6.07, 6.45) is 1.81. The van der Waals surface area contributed by atoms with Crippen molar-refractivity contribution < 1.29 is 0 Å². The van der Waals surface area contributed by atoms with Gasteiger partial charge in [0.05, 0.1) is 11.9 Å². The first kappa shape index (κ1) is 8.65. The SMILES string of the molecule is Cc1nncc(C(C)C)c1Br. The van der Waals surface area contributed by atoms with Gasteiger partial charge in [-0.15, -0.1) is 0 Å². The van der Waals surface area contributed by atoms with Gasteiger partial charge in [0.15, 0.2) is 0 Å². The lowest BCUT2D eigenvalue weighted by Crippen LogP contribution is -1.96. The van der Waals surface area contributed by atoms with Crippen molar-refractivity contribution in [3.8, 4) is 0 Å². The van der Waals surface area contributed by atoms with Crippen LogP contribution in [-0.2, 0) is 0 Å². The van der Waals surface area contributed by atoms with Crippen molar-refractivity contribution in [3.63, 3.8) is 0 Å². The van der Waals surface area contributed by atoms with Gasteiger partial charge in [0.2, 0.25) is 0 Å². The first-order chi connectivity index (χ1) is 5.13. The molecule has 11 heavy (non-hydrogen) atoms. The molecule has 60 valence electrons. The molecule has 0 aliphatic rings. The fraction of sp³-hybridized carbons (Fsp3) is 0.500. The third kappa shape index (κ3) is 1.77. The maximum atomic E-state index is 3.92. The van der Waals surface area contributed by atoms with Crippen molar-refractivity contribution in [2.75, 3.05) is 0 Å². The lowest BCUT2D eigenvalue weighted by molar-refractivity contribution is 0.822. The molecule has 1 aromatic heterocycles. The number of hydrogen-bond acceptors (Lipinski definition) is 2. The molecule has 0 aliphatic carbocycles. The molecule has 0 radical (unpaired) electrons. The topological polar surface area (TPSA) is 25.8 Å². The molecular weight excluding hydrogens is 204 g/mol. The van der Waals surface area contributed by atoms with E-state index in [0.29, 0.717) is 5.92 Å². The van der Waals surface area contributed by atoms with Crippen LogP contribution >= 0.6 is 15.9 Å². The number of halogens is 1. The van der Waals surface area contributed by atoms with E-state index in [2.05, 4.69) is 40.0 Å². The number of aromatic nitrogens is 2. The Hall–Kier alpha value is -0.440. The average Bonchev–Trinajstić information content (AvgIpc) is 1.94. The Morgan fingerprint density at radius 3 is 2.55 bits per heavy atom. The molecule has 1 rings (SSSR count). The van der Waals surface area contributed by atoms with Crippen LogP contribution in [0.15, 0.2) is 10.7 Å². The van der Waals surface area contributed by atoms with Crippen LogP contribution in [0.1, 0.15) is 31.0 Å². The van der Waals surface area contributed by atoms with E-state index < -0.39 is 0 Å². The van der Waals surface area contributed by atoms with Gasteiger partial charge in [-0.05, 0) is 34.3 Å². The molecule has 1 heterocycles. The largest absolute Gasteiger partial charge is 0.159 e. The zero-order chi connectivity index (χ0) is 8.43. The Balaban J connectivity index is 3.17. The first-order valence-corrected chi connectivity index (χ1v) is 4.40. The van der Waals surface area contributed by atoms with E-state index >= 15 is 0 Å². The first-order valence-electron chi connectivity index (χ1n) is 3.60. The number of rotatable bonds is 1. The fourth-order valence-electron chi connectivity index (χ4n) is 0.890. The lowest BCUT2D eigenvalue weighted by atomic mass is 10.1. The smallest absolute Gasteiger partial charge is 0.0744 e. The Morgan fingerprint density at radius 1 is 1.45 bits per heavy atom. The van der Waals surface area contributed by atoms with Crippen LogP contribution in [0.2, 0.25) is 0 Å². The summed E-state index contributed by atoms with van der Waals surface area (Å²) in [7, 11) is 0. The van der Waals surface area contributed by atoms with Gasteiger partial charge in [-0.2, -0.15) is 10.2 Å². The summed E-state index contributed by atoms with van der Waals surface area (Å²) < 4.78 is 1.09. The third-order valence-electron chi connectivity index (χ3n) is 1.60. The summed E-state index contributed by atoms with van der Waals surface area (Å²) in [6.45, 7) is 6.23. The molecule has 0 saturated carbocycles. The van der Waals surface area contributed by atoms with E-state index in [1.807, 2.05) is 13.1 Å². The minimum atomic E-state index is 0.499. The fourth-order valence-corrected chi connectivity index (χ4v) is 1.53. The highest BCUT2D eigenvalue weighted by Gasteiger charge is 2.06. The van der Waals surface area contributed by atoms with Gasteiger partial charge in [-0.25, -0.2) is 0 Å². The van der Waals surface area contributed by atoms with Crippen LogP contribution in [0, 0.1) is 6.92 Å². The summed E-state index contributed by atoms with van der Waals surface area (Å²) in [4.78, 5) is 0. The Kier molecular flexibility index (Phi) is 2.60.